The van der Waals surface area contributed by atoms with Crippen molar-refractivity contribution in [1.29, 1.82) is 0 Å². The van der Waals surface area contributed by atoms with Crippen LogP contribution < -0.4 is 3.07 Å². The Kier molecular flexibility index (Phi) is 3.03. The predicted molar refractivity (Wildman–Crippen MR) is 53.8 cm³/mol. The molecule has 0 aliphatic carbocycles. The van der Waals surface area contributed by atoms with Crippen molar-refractivity contribution in [2.75, 3.05) is 0 Å². The largest absolute Gasteiger partial charge is 0.427 e. The quantitative estimate of drug-likeness (QED) is 0.711. The minimum atomic E-state index is 0.929. The first-order chi connectivity index (χ1) is 4.34. The van der Waals surface area contributed by atoms with Crippen molar-refractivity contribution >= 4 is 45.6 Å². The molecule has 3 heteroatoms. The second kappa shape index (κ2) is 3.60. The molecule has 0 aromatic heterocycles. The molecular formula is C6H4I2O. The summed E-state index contributed by atoms with van der Waals surface area (Å²) in [6.07, 6.45) is 0. The molecule has 0 saturated heterocycles. The summed E-state index contributed by atoms with van der Waals surface area (Å²) < 4.78 is 6.15. The molecule has 1 rings (SSSR count). The molecule has 0 fully saturated rings. The Hall–Kier alpha value is 0.480. The van der Waals surface area contributed by atoms with Gasteiger partial charge >= 0.3 is 0 Å². The summed E-state index contributed by atoms with van der Waals surface area (Å²) in [7, 11) is 0. The molecule has 9 heavy (non-hydrogen) atoms. The SMILES string of the molecule is IOc1ccccc1I. The van der Waals surface area contributed by atoms with Gasteiger partial charge in [-0.2, -0.15) is 0 Å². The van der Waals surface area contributed by atoms with Gasteiger partial charge in [-0.15, -0.1) is 0 Å². The van der Waals surface area contributed by atoms with Crippen LogP contribution in [0, 0.1) is 3.57 Å². The molecule has 0 aliphatic rings. The number of benzene rings is 1. The van der Waals surface area contributed by atoms with Crippen LogP contribution in [0.2, 0.25) is 0 Å². The summed E-state index contributed by atoms with van der Waals surface area (Å²) in [6.45, 7) is 0. The summed E-state index contributed by atoms with van der Waals surface area (Å²) in [5, 5.41) is 0. The average Bonchev–Trinajstić information content (AvgIpc) is 1.89. The Balaban J connectivity index is 3.01. The zero-order chi connectivity index (χ0) is 6.69. The summed E-state index contributed by atoms with van der Waals surface area (Å²) in [4.78, 5) is 0. The van der Waals surface area contributed by atoms with Gasteiger partial charge in [0, 0.05) is 0 Å². The maximum Gasteiger partial charge on any atom is 0.192 e. The van der Waals surface area contributed by atoms with E-state index in [0.717, 1.165) is 9.32 Å². The van der Waals surface area contributed by atoms with Crippen molar-refractivity contribution in [1.82, 2.24) is 0 Å². The van der Waals surface area contributed by atoms with Gasteiger partial charge in [-0.3, -0.25) is 0 Å². The van der Waals surface area contributed by atoms with Crippen LogP contribution in [-0.2, 0) is 0 Å². The van der Waals surface area contributed by atoms with Gasteiger partial charge in [-0.1, -0.05) is 12.1 Å². The van der Waals surface area contributed by atoms with E-state index < -0.39 is 0 Å². The van der Waals surface area contributed by atoms with Crippen molar-refractivity contribution in [3.8, 4) is 5.75 Å². The number of hydrogen-bond donors (Lipinski definition) is 0. The zero-order valence-corrected chi connectivity index (χ0v) is 8.79. The minimum absolute atomic E-state index is 0.929. The molecule has 0 bridgehead atoms. The topological polar surface area (TPSA) is 9.23 Å². The lowest BCUT2D eigenvalue weighted by Gasteiger charge is -1.96. The third-order valence-corrected chi connectivity index (χ3v) is 2.29. The van der Waals surface area contributed by atoms with E-state index in [-0.39, 0.29) is 0 Å². The van der Waals surface area contributed by atoms with Gasteiger partial charge in [0.05, 0.1) is 3.57 Å². The van der Waals surface area contributed by atoms with Gasteiger partial charge in [0.1, 0.15) is 5.75 Å². The lowest BCUT2D eigenvalue weighted by atomic mass is 10.3. The van der Waals surface area contributed by atoms with Crippen molar-refractivity contribution in [3.63, 3.8) is 0 Å². The number of hydrogen-bond acceptors (Lipinski definition) is 1. The summed E-state index contributed by atoms with van der Waals surface area (Å²) in [5.41, 5.74) is 0. The van der Waals surface area contributed by atoms with Gasteiger partial charge < -0.3 is 3.07 Å². The van der Waals surface area contributed by atoms with Crippen LogP contribution in [0.1, 0.15) is 0 Å². The molecule has 0 atom stereocenters. The van der Waals surface area contributed by atoms with Crippen LogP contribution in [0.3, 0.4) is 0 Å². The third-order valence-electron chi connectivity index (χ3n) is 0.920. The summed E-state index contributed by atoms with van der Waals surface area (Å²) >= 11 is 4.10. The Labute approximate surface area is 81.6 Å². The Morgan fingerprint density at radius 3 is 2.33 bits per heavy atom. The predicted octanol–water partition coefficient (Wildman–Crippen LogP) is 3.02. The molecule has 0 unspecified atom stereocenters. The van der Waals surface area contributed by atoms with Crippen molar-refractivity contribution < 1.29 is 3.07 Å². The molecule has 0 N–H and O–H groups in total. The highest BCUT2D eigenvalue weighted by molar-refractivity contribution is 14.1. The first-order valence-corrected chi connectivity index (χ1v) is 4.33. The molecule has 1 aromatic carbocycles. The molecule has 1 nitrogen and oxygen atoms in total. The lowest BCUT2D eigenvalue weighted by Crippen LogP contribution is -1.76. The van der Waals surface area contributed by atoms with Crippen molar-refractivity contribution in [3.05, 3.63) is 27.8 Å². The van der Waals surface area contributed by atoms with Crippen LogP contribution in [0.4, 0.5) is 0 Å². The number of para-hydroxylation sites is 1. The number of rotatable bonds is 1. The first-order valence-electron chi connectivity index (χ1n) is 2.37. The minimum Gasteiger partial charge on any atom is -0.427 e. The van der Waals surface area contributed by atoms with Crippen LogP contribution in [0.15, 0.2) is 24.3 Å². The highest BCUT2D eigenvalue weighted by atomic mass is 127. The van der Waals surface area contributed by atoms with Crippen LogP contribution in [-0.4, -0.2) is 0 Å². The van der Waals surface area contributed by atoms with E-state index >= 15 is 0 Å². The number of halogens is 2. The molecule has 0 saturated carbocycles. The Morgan fingerprint density at radius 2 is 1.89 bits per heavy atom. The van der Waals surface area contributed by atoms with E-state index in [2.05, 4.69) is 22.6 Å². The van der Waals surface area contributed by atoms with E-state index in [0.29, 0.717) is 0 Å². The van der Waals surface area contributed by atoms with Gasteiger partial charge in [0.2, 0.25) is 0 Å². The molecule has 0 spiro atoms. The molecule has 0 amide bonds. The van der Waals surface area contributed by atoms with Crippen molar-refractivity contribution in [2.24, 2.45) is 0 Å². The van der Waals surface area contributed by atoms with E-state index in [1.807, 2.05) is 47.3 Å². The monoisotopic (exact) mass is 346 g/mol. The molecule has 0 radical (unpaired) electrons. The second-order valence-corrected chi connectivity index (χ2v) is 3.11. The Morgan fingerprint density at radius 1 is 1.22 bits per heavy atom. The van der Waals surface area contributed by atoms with Gasteiger partial charge in [-0.05, 0) is 34.7 Å². The average molecular weight is 346 g/mol. The maximum atomic E-state index is 5.01. The van der Waals surface area contributed by atoms with E-state index in [1.54, 1.807) is 0 Å². The van der Waals surface area contributed by atoms with Gasteiger partial charge in [-0.25, -0.2) is 0 Å². The molecule has 0 aliphatic heterocycles. The summed E-state index contributed by atoms with van der Waals surface area (Å²) in [6, 6.07) is 7.89. The van der Waals surface area contributed by atoms with E-state index in [9.17, 15) is 0 Å². The van der Waals surface area contributed by atoms with Crippen LogP contribution in [0.5, 0.6) is 5.75 Å². The fourth-order valence-electron chi connectivity index (χ4n) is 0.507. The first kappa shape index (κ1) is 7.59. The molecule has 0 heterocycles. The fraction of sp³-hybridized carbons (Fsp3) is 0. The van der Waals surface area contributed by atoms with Gasteiger partial charge in [0.15, 0.2) is 23.0 Å². The Bertz CT molecular complexity index is 200. The normalized spacial score (nSPS) is 9.11. The zero-order valence-electron chi connectivity index (χ0n) is 4.47. The summed E-state index contributed by atoms with van der Waals surface area (Å²) in [5.74, 6) is 0.929. The highest BCUT2D eigenvalue weighted by Gasteiger charge is 1.94. The molecule has 48 valence electrons. The third kappa shape index (κ3) is 1.96. The van der Waals surface area contributed by atoms with Crippen molar-refractivity contribution in [2.45, 2.75) is 0 Å². The molecular weight excluding hydrogens is 342 g/mol. The highest BCUT2D eigenvalue weighted by Crippen LogP contribution is 2.20. The standard InChI is InChI=1S/C6H4I2O/c7-5-3-1-2-4-6(5)9-8/h1-4H. The van der Waals surface area contributed by atoms with Gasteiger partial charge in [0.25, 0.3) is 0 Å². The fourth-order valence-corrected chi connectivity index (χ4v) is 1.81. The smallest absolute Gasteiger partial charge is 0.192 e. The lowest BCUT2D eigenvalue weighted by molar-refractivity contribution is 0.711. The van der Waals surface area contributed by atoms with Crippen LogP contribution >= 0.6 is 45.6 Å². The van der Waals surface area contributed by atoms with Crippen LogP contribution in [0.25, 0.3) is 0 Å². The van der Waals surface area contributed by atoms with E-state index in [1.165, 1.54) is 0 Å². The van der Waals surface area contributed by atoms with E-state index in [4.69, 9.17) is 3.07 Å². The molecule has 1 aromatic rings. The maximum absolute atomic E-state index is 5.01. The second-order valence-electron chi connectivity index (χ2n) is 1.51.